The third-order valence-corrected chi connectivity index (χ3v) is 7.47. The number of carbonyl (C=O) groups is 5. The van der Waals surface area contributed by atoms with Gasteiger partial charge in [-0.2, -0.15) is 25.3 Å². The Bertz CT molecular complexity index is 1330. The fourth-order valence-electron chi connectivity index (χ4n) is 4.45. The van der Waals surface area contributed by atoms with Gasteiger partial charge in [0.05, 0.1) is 12.6 Å². The monoisotopic (exact) mass is 647 g/mol. The normalized spacial score (nSPS) is 14.0. The van der Waals surface area contributed by atoms with Crippen molar-refractivity contribution in [3.8, 4) is 5.75 Å². The van der Waals surface area contributed by atoms with Gasteiger partial charge in [0.15, 0.2) is 0 Å². The van der Waals surface area contributed by atoms with Crippen molar-refractivity contribution in [3.05, 3.63) is 64.7 Å². The summed E-state index contributed by atoms with van der Waals surface area (Å²) in [5.41, 5.74) is 9.22. The smallest absolute Gasteiger partial charge is 0.327 e. The molecule has 0 saturated heterocycles. The number of carboxylic acid groups (broad SMARTS) is 1. The van der Waals surface area contributed by atoms with Crippen molar-refractivity contribution >= 4 is 54.9 Å². The average Bonchev–Trinajstić information content (AvgIpc) is 2.94. The molecule has 0 aliphatic rings. The van der Waals surface area contributed by atoms with E-state index in [9.17, 15) is 34.2 Å². The van der Waals surface area contributed by atoms with Crippen LogP contribution in [-0.4, -0.2) is 81.0 Å². The number of thiol groups is 2. The van der Waals surface area contributed by atoms with Gasteiger partial charge in [0, 0.05) is 16.9 Å². The number of phenolic OH excluding ortho intramolecular Hbond substituents is 1. The first-order chi connectivity index (χ1) is 20.5. The summed E-state index contributed by atoms with van der Waals surface area (Å²) in [7, 11) is 0. The molecule has 12 nitrogen and oxygen atoms in total. The summed E-state index contributed by atoms with van der Waals surface area (Å²) in [4.78, 5) is 63.3. The van der Waals surface area contributed by atoms with Crippen LogP contribution in [0.15, 0.2) is 42.5 Å². The van der Waals surface area contributed by atoms with E-state index in [1.54, 1.807) is 70.2 Å². The quantitative estimate of drug-likeness (QED) is 0.124. The number of rotatable bonds is 15. The van der Waals surface area contributed by atoms with Crippen LogP contribution >= 0.6 is 25.3 Å². The van der Waals surface area contributed by atoms with E-state index in [4.69, 9.17) is 5.73 Å². The minimum atomic E-state index is -1.28. The second-order valence-electron chi connectivity index (χ2n) is 11.1. The fraction of sp³-hybridized carbons (Fsp3) is 0.433. The van der Waals surface area contributed by atoms with Crippen LogP contribution in [0.2, 0.25) is 0 Å². The molecule has 0 spiro atoms. The molecule has 0 aromatic heterocycles. The van der Waals surface area contributed by atoms with Crippen molar-refractivity contribution in [2.75, 3.05) is 12.3 Å². The van der Waals surface area contributed by atoms with Crippen molar-refractivity contribution in [2.24, 2.45) is 5.73 Å². The predicted molar refractivity (Wildman–Crippen MR) is 173 cm³/mol. The highest BCUT2D eigenvalue weighted by atomic mass is 32.1. The number of carbonyl (C=O) groups excluding carboxylic acids is 4. The molecule has 0 saturated carbocycles. The van der Waals surface area contributed by atoms with Crippen LogP contribution < -0.4 is 27.0 Å². The number of aliphatic carboxylic acids is 1. The van der Waals surface area contributed by atoms with E-state index >= 15 is 0 Å². The Hall–Kier alpha value is -3.75. The number of aryl methyl sites for hydroxylation is 2. The van der Waals surface area contributed by atoms with E-state index in [0.717, 1.165) is 16.7 Å². The second kappa shape index (κ2) is 16.4. The molecule has 4 atom stereocenters. The molecule has 2 aromatic rings. The van der Waals surface area contributed by atoms with Crippen LogP contribution in [-0.2, 0) is 36.8 Å². The van der Waals surface area contributed by atoms with E-state index in [0.29, 0.717) is 5.56 Å². The fourth-order valence-corrected chi connectivity index (χ4v) is 4.88. The maximum absolute atomic E-state index is 13.2. The zero-order valence-corrected chi connectivity index (χ0v) is 26.9. The lowest BCUT2D eigenvalue weighted by atomic mass is 9.95. The molecule has 0 heterocycles. The van der Waals surface area contributed by atoms with Crippen molar-refractivity contribution in [1.82, 2.24) is 21.3 Å². The number of nitrogens with two attached hydrogens (primary N) is 1. The van der Waals surface area contributed by atoms with E-state index < -0.39 is 65.1 Å². The van der Waals surface area contributed by atoms with E-state index in [2.05, 4.69) is 46.5 Å². The standard InChI is InChI=1S/C30H41N5O7S2/c1-16-10-19(36)11-17(2)20(16)13-21(31)26(38)35-25(30(3,4)44)28(40)32-14-24(37)33-22(12-18-8-6-5-7-9-18)27(39)34-23(15-43)29(41)42/h5-11,21-23,25,36,43-44H,12-15,31H2,1-4H3,(H,32,40)(H,33,37)(H,34,39)(H,35,38)(H,41,42)/t21-,22-,23+,25-/m0/s1. The first kappa shape index (κ1) is 36.4. The van der Waals surface area contributed by atoms with Crippen molar-refractivity contribution in [3.63, 3.8) is 0 Å². The summed E-state index contributed by atoms with van der Waals surface area (Å²) in [5, 5.41) is 29.1. The lowest BCUT2D eigenvalue weighted by Gasteiger charge is -2.30. The summed E-state index contributed by atoms with van der Waals surface area (Å²) in [6, 6.07) is 7.32. The number of amides is 4. The highest BCUT2D eigenvalue weighted by molar-refractivity contribution is 7.81. The topological polar surface area (TPSA) is 200 Å². The number of nitrogens with one attached hydrogen (secondary N) is 4. The zero-order valence-electron chi connectivity index (χ0n) is 25.1. The summed E-state index contributed by atoms with van der Waals surface area (Å²) in [6.07, 6.45) is 0.222. The Balaban J connectivity index is 2.09. The number of carboxylic acids is 1. The number of phenols is 1. The van der Waals surface area contributed by atoms with Gasteiger partial charge in [0.25, 0.3) is 0 Å². The molecule has 0 radical (unpaired) electrons. The SMILES string of the molecule is Cc1cc(O)cc(C)c1C[C@H](N)C(=O)N[C@@H](C(=O)NCC(=O)N[C@@H](Cc1ccccc1)C(=O)N[C@H](CS)C(=O)O)C(C)(C)S. The largest absolute Gasteiger partial charge is 0.508 e. The molecule has 0 aliphatic heterocycles. The average molecular weight is 648 g/mol. The lowest BCUT2D eigenvalue weighted by molar-refractivity contribution is -0.141. The summed E-state index contributed by atoms with van der Waals surface area (Å²) < 4.78 is -1.06. The molecule has 240 valence electrons. The molecule has 44 heavy (non-hydrogen) atoms. The summed E-state index contributed by atoms with van der Waals surface area (Å²) in [6.45, 7) is 6.27. The molecule has 2 rings (SSSR count). The van der Waals surface area contributed by atoms with Crippen LogP contribution in [0.1, 0.15) is 36.1 Å². The van der Waals surface area contributed by atoms with E-state index in [-0.39, 0.29) is 24.3 Å². The number of aromatic hydroxyl groups is 1. The Labute approximate surface area is 267 Å². The maximum atomic E-state index is 13.2. The van der Waals surface area contributed by atoms with Crippen LogP contribution in [0, 0.1) is 13.8 Å². The number of hydrogen-bond acceptors (Lipinski definition) is 9. The molecule has 4 amide bonds. The molecular weight excluding hydrogens is 606 g/mol. The highest BCUT2D eigenvalue weighted by Gasteiger charge is 2.35. The third-order valence-electron chi connectivity index (χ3n) is 6.85. The highest BCUT2D eigenvalue weighted by Crippen LogP contribution is 2.22. The predicted octanol–water partition coefficient (Wildman–Crippen LogP) is 0.415. The second-order valence-corrected chi connectivity index (χ2v) is 12.6. The van der Waals surface area contributed by atoms with Gasteiger partial charge < -0.3 is 37.2 Å². The molecule has 14 heteroatoms. The number of benzene rings is 2. The molecule has 0 aliphatic carbocycles. The Morgan fingerprint density at radius 1 is 0.886 bits per heavy atom. The van der Waals surface area contributed by atoms with Crippen molar-refractivity contribution in [1.29, 1.82) is 0 Å². The van der Waals surface area contributed by atoms with Gasteiger partial charge >= 0.3 is 5.97 Å². The molecular formula is C30H41N5O7S2. The molecule has 0 bridgehead atoms. The van der Waals surface area contributed by atoms with E-state index in [1.807, 2.05) is 0 Å². The minimum absolute atomic E-state index is 0.0610. The van der Waals surface area contributed by atoms with Crippen molar-refractivity contribution in [2.45, 2.75) is 69.5 Å². The van der Waals surface area contributed by atoms with Gasteiger partial charge in [0.2, 0.25) is 23.6 Å². The first-order valence-electron chi connectivity index (χ1n) is 13.9. The van der Waals surface area contributed by atoms with Gasteiger partial charge in [-0.3, -0.25) is 19.2 Å². The van der Waals surface area contributed by atoms with Gasteiger partial charge in [-0.25, -0.2) is 4.79 Å². The van der Waals surface area contributed by atoms with Crippen LogP contribution in [0.5, 0.6) is 5.75 Å². The van der Waals surface area contributed by atoms with Gasteiger partial charge in [-0.1, -0.05) is 30.3 Å². The Morgan fingerprint density at radius 2 is 1.48 bits per heavy atom. The Morgan fingerprint density at radius 3 is 2.00 bits per heavy atom. The first-order valence-corrected chi connectivity index (χ1v) is 14.9. The summed E-state index contributed by atoms with van der Waals surface area (Å²) in [5.74, 6) is -4.10. The molecule has 2 aromatic carbocycles. The van der Waals surface area contributed by atoms with Gasteiger partial charge in [-0.15, -0.1) is 0 Å². The van der Waals surface area contributed by atoms with Gasteiger partial charge in [0.1, 0.15) is 23.9 Å². The van der Waals surface area contributed by atoms with Crippen LogP contribution in [0.3, 0.4) is 0 Å². The lowest BCUT2D eigenvalue weighted by Crippen LogP contribution is -2.60. The number of hydrogen-bond donors (Lipinski definition) is 9. The maximum Gasteiger partial charge on any atom is 0.327 e. The van der Waals surface area contributed by atoms with Crippen molar-refractivity contribution < 1.29 is 34.2 Å². The zero-order chi connectivity index (χ0) is 33.2. The van der Waals surface area contributed by atoms with Gasteiger partial charge in [-0.05, 0) is 68.5 Å². The van der Waals surface area contributed by atoms with Crippen LogP contribution in [0.25, 0.3) is 0 Å². The van der Waals surface area contributed by atoms with E-state index in [1.165, 1.54) is 0 Å². The van der Waals surface area contributed by atoms with Crippen LogP contribution in [0.4, 0.5) is 0 Å². The minimum Gasteiger partial charge on any atom is -0.508 e. The summed E-state index contributed by atoms with van der Waals surface area (Å²) >= 11 is 8.42. The molecule has 8 N–H and O–H groups in total. The molecule has 0 unspecified atom stereocenters. The molecule has 0 fully saturated rings. The Kier molecular flexibility index (Phi) is 13.5. The third kappa shape index (κ3) is 11.1.